The van der Waals surface area contributed by atoms with Crippen LogP contribution >= 0.6 is 0 Å². The maximum absolute atomic E-state index is 11.7. The van der Waals surface area contributed by atoms with Crippen molar-refractivity contribution >= 4 is 6.72 Å². The third-order valence-corrected chi connectivity index (χ3v) is 0.858. The van der Waals surface area contributed by atoms with E-state index in [0.29, 0.717) is 6.42 Å². The van der Waals surface area contributed by atoms with E-state index in [2.05, 4.69) is 11.7 Å². The molecular formula is C6H8F3N. The average Bonchev–Trinajstić information content (AvgIpc) is 1.80. The van der Waals surface area contributed by atoms with Crippen molar-refractivity contribution < 1.29 is 13.2 Å². The maximum atomic E-state index is 11.7. The highest BCUT2D eigenvalue weighted by molar-refractivity contribution is 5.30. The molecule has 4 heteroatoms. The summed E-state index contributed by atoms with van der Waals surface area (Å²) in [6.07, 6.45) is -3.04. The molecule has 0 aliphatic rings. The quantitative estimate of drug-likeness (QED) is 0.538. The Morgan fingerprint density at radius 2 is 2.10 bits per heavy atom. The molecular weight excluding hydrogens is 143 g/mol. The van der Waals surface area contributed by atoms with Crippen LogP contribution in [-0.2, 0) is 0 Å². The normalized spacial score (nSPS) is 13.4. The third-order valence-electron chi connectivity index (χ3n) is 0.858. The smallest absolute Gasteiger partial charge is 0.260 e. The molecule has 0 heterocycles. The first kappa shape index (κ1) is 9.20. The van der Waals surface area contributed by atoms with Gasteiger partial charge in [0.15, 0.2) is 0 Å². The van der Waals surface area contributed by atoms with Gasteiger partial charge in [-0.3, -0.25) is 4.99 Å². The summed E-state index contributed by atoms with van der Waals surface area (Å²) < 4.78 is 35.1. The van der Waals surface area contributed by atoms with Crippen LogP contribution in [0.3, 0.4) is 0 Å². The minimum Gasteiger partial charge on any atom is -0.260 e. The van der Waals surface area contributed by atoms with Crippen LogP contribution in [0.15, 0.2) is 16.8 Å². The summed E-state index contributed by atoms with van der Waals surface area (Å²) in [7, 11) is 0. The molecule has 0 amide bonds. The molecule has 10 heavy (non-hydrogen) atoms. The van der Waals surface area contributed by atoms with Crippen LogP contribution in [0.5, 0.6) is 0 Å². The number of hydrogen-bond donors (Lipinski definition) is 0. The van der Waals surface area contributed by atoms with Gasteiger partial charge in [0, 0.05) is 0 Å². The molecule has 0 N–H and O–H groups in total. The first-order chi connectivity index (χ1) is 4.52. The molecule has 0 saturated carbocycles. The second-order valence-corrected chi connectivity index (χ2v) is 1.65. The highest BCUT2D eigenvalue weighted by Crippen LogP contribution is 2.26. The Bertz CT molecular complexity index is 146. The fourth-order valence-corrected chi connectivity index (χ4v) is 0.463. The second kappa shape index (κ2) is 3.39. The minimum atomic E-state index is -4.35. The summed E-state index contributed by atoms with van der Waals surface area (Å²) >= 11 is 0. The predicted molar refractivity (Wildman–Crippen MR) is 34.0 cm³/mol. The van der Waals surface area contributed by atoms with Gasteiger partial charge in [-0.15, -0.1) is 0 Å². The zero-order chi connectivity index (χ0) is 8.20. The number of aliphatic imine (C=N–C) groups is 1. The van der Waals surface area contributed by atoms with E-state index in [9.17, 15) is 13.2 Å². The molecule has 0 bridgehead atoms. The van der Waals surface area contributed by atoms with Gasteiger partial charge in [0.1, 0.15) is 5.70 Å². The molecule has 0 unspecified atom stereocenters. The molecule has 0 spiro atoms. The highest BCUT2D eigenvalue weighted by atomic mass is 19.4. The van der Waals surface area contributed by atoms with E-state index in [1.165, 1.54) is 0 Å². The molecule has 0 fully saturated rings. The lowest BCUT2D eigenvalue weighted by Crippen LogP contribution is -2.09. The number of nitrogens with zero attached hydrogens (tertiary/aromatic N) is 1. The van der Waals surface area contributed by atoms with Crippen LogP contribution in [-0.4, -0.2) is 12.9 Å². The largest absolute Gasteiger partial charge is 0.432 e. The Kier molecular flexibility index (Phi) is 3.12. The molecule has 0 aliphatic carbocycles. The van der Waals surface area contributed by atoms with Crippen molar-refractivity contribution in [1.82, 2.24) is 0 Å². The third kappa shape index (κ3) is 2.66. The van der Waals surface area contributed by atoms with Crippen molar-refractivity contribution in [3.63, 3.8) is 0 Å². The number of rotatable bonds is 2. The summed E-state index contributed by atoms with van der Waals surface area (Å²) in [5.74, 6) is 0. The van der Waals surface area contributed by atoms with Gasteiger partial charge in [-0.1, -0.05) is 13.0 Å². The standard InChI is InChI=1S/C6H8F3N/c1-3-4-5(10-2)6(7,8)9/h4H,2-3H2,1H3/b5-4-. The molecule has 0 aliphatic heterocycles. The van der Waals surface area contributed by atoms with E-state index in [0.717, 1.165) is 6.08 Å². The monoisotopic (exact) mass is 151 g/mol. The fourth-order valence-electron chi connectivity index (χ4n) is 0.463. The van der Waals surface area contributed by atoms with Gasteiger partial charge in [-0.2, -0.15) is 13.2 Å². The van der Waals surface area contributed by atoms with Crippen molar-refractivity contribution in [2.24, 2.45) is 4.99 Å². The average molecular weight is 151 g/mol. The van der Waals surface area contributed by atoms with E-state index in [1.54, 1.807) is 6.92 Å². The summed E-state index contributed by atoms with van der Waals surface area (Å²) in [5.41, 5.74) is -0.907. The first-order valence-corrected chi connectivity index (χ1v) is 2.76. The van der Waals surface area contributed by atoms with Gasteiger partial charge in [-0.25, -0.2) is 0 Å². The number of allylic oxidation sites excluding steroid dienone is 2. The lowest BCUT2D eigenvalue weighted by atomic mass is 10.3. The SMILES string of the molecule is C=N/C(=C\CC)C(F)(F)F. The van der Waals surface area contributed by atoms with E-state index in [4.69, 9.17) is 0 Å². The van der Waals surface area contributed by atoms with E-state index in [-0.39, 0.29) is 0 Å². The van der Waals surface area contributed by atoms with Crippen molar-refractivity contribution in [2.45, 2.75) is 19.5 Å². The molecule has 0 saturated heterocycles. The van der Waals surface area contributed by atoms with Crippen LogP contribution in [0.25, 0.3) is 0 Å². The zero-order valence-electron chi connectivity index (χ0n) is 5.57. The van der Waals surface area contributed by atoms with E-state index >= 15 is 0 Å². The summed E-state index contributed by atoms with van der Waals surface area (Å²) in [4.78, 5) is 2.84. The lowest BCUT2D eigenvalue weighted by molar-refractivity contribution is -0.0924. The molecule has 58 valence electrons. The molecule has 0 aromatic rings. The van der Waals surface area contributed by atoms with Gasteiger partial charge in [0.25, 0.3) is 0 Å². The van der Waals surface area contributed by atoms with Crippen molar-refractivity contribution in [3.05, 3.63) is 11.8 Å². The Balaban J connectivity index is 4.36. The number of halogens is 3. The molecule has 1 nitrogen and oxygen atoms in total. The lowest BCUT2D eigenvalue weighted by Gasteiger charge is -2.04. The van der Waals surface area contributed by atoms with Crippen LogP contribution in [0.2, 0.25) is 0 Å². The van der Waals surface area contributed by atoms with Crippen LogP contribution in [0.4, 0.5) is 13.2 Å². The fraction of sp³-hybridized carbons (Fsp3) is 0.500. The number of hydrogen-bond acceptors (Lipinski definition) is 1. The minimum absolute atomic E-state index is 0.313. The van der Waals surface area contributed by atoms with E-state index in [1.807, 2.05) is 0 Å². The van der Waals surface area contributed by atoms with Crippen LogP contribution < -0.4 is 0 Å². The Hall–Kier alpha value is -0.800. The summed E-state index contributed by atoms with van der Waals surface area (Å²) in [6.45, 7) is 4.42. The molecule has 0 radical (unpaired) electrons. The molecule has 0 aromatic carbocycles. The number of alkyl halides is 3. The van der Waals surface area contributed by atoms with Gasteiger partial charge in [0.05, 0.1) is 0 Å². The topological polar surface area (TPSA) is 12.4 Å². The summed E-state index contributed by atoms with van der Waals surface area (Å²) in [5, 5.41) is 0. The van der Waals surface area contributed by atoms with Gasteiger partial charge in [-0.05, 0) is 13.1 Å². The Labute approximate surface area is 57.3 Å². The zero-order valence-corrected chi connectivity index (χ0v) is 5.57. The summed E-state index contributed by atoms with van der Waals surface area (Å²) in [6, 6.07) is 0. The highest BCUT2D eigenvalue weighted by Gasteiger charge is 2.32. The maximum Gasteiger partial charge on any atom is 0.432 e. The molecule has 0 atom stereocenters. The Morgan fingerprint density at radius 1 is 1.60 bits per heavy atom. The molecule has 0 rings (SSSR count). The van der Waals surface area contributed by atoms with Crippen molar-refractivity contribution in [1.29, 1.82) is 0 Å². The molecule has 0 aromatic heterocycles. The first-order valence-electron chi connectivity index (χ1n) is 2.76. The van der Waals surface area contributed by atoms with Crippen molar-refractivity contribution in [3.8, 4) is 0 Å². The predicted octanol–water partition coefficient (Wildman–Crippen LogP) is 2.54. The van der Waals surface area contributed by atoms with E-state index < -0.39 is 11.9 Å². The van der Waals surface area contributed by atoms with Crippen LogP contribution in [0.1, 0.15) is 13.3 Å². The van der Waals surface area contributed by atoms with Crippen LogP contribution in [0, 0.1) is 0 Å². The van der Waals surface area contributed by atoms with Gasteiger partial charge in [0.2, 0.25) is 0 Å². The Morgan fingerprint density at radius 3 is 2.20 bits per heavy atom. The second-order valence-electron chi connectivity index (χ2n) is 1.65. The van der Waals surface area contributed by atoms with Crippen molar-refractivity contribution in [2.75, 3.05) is 0 Å². The van der Waals surface area contributed by atoms with Gasteiger partial charge < -0.3 is 0 Å². The van der Waals surface area contributed by atoms with Gasteiger partial charge >= 0.3 is 6.18 Å².